The van der Waals surface area contributed by atoms with Gasteiger partial charge in [0.2, 0.25) is 5.91 Å². The van der Waals surface area contributed by atoms with Gasteiger partial charge in [0.05, 0.1) is 6.61 Å². The number of aromatic nitrogens is 1. The Kier molecular flexibility index (Phi) is 7.04. The molecule has 3 aromatic rings. The number of benzene rings is 2. The Labute approximate surface area is 192 Å². The number of amides is 2. The molecule has 1 aromatic heterocycles. The molecule has 0 unspecified atom stereocenters. The average Bonchev–Trinajstić information content (AvgIpc) is 3.26. The average molecular weight is 449 g/mol. The van der Waals surface area contributed by atoms with Crippen molar-refractivity contribution in [2.24, 2.45) is 0 Å². The van der Waals surface area contributed by atoms with Crippen LogP contribution in [0.4, 0.5) is 11.4 Å². The van der Waals surface area contributed by atoms with Gasteiger partial charge in [0.25, 0.3) is 5.91 Å². The first-order valence-corrected chi connectivity index (χ1v) is 11.2. The molecule has 8 nitrogen and oxygen atoms in total. The van der Waals surface area contributed by atoms with Crippen molar-refractivity contribution in [2.75, 3.05) is 30.3 Å². The van der Waals surface area contributed by atoms with E-state index in [4.69, 9.17) is 9.15 Å². The van der Waals surface area contributed by atoms with Crippen LogP contribution in [-0.2, 0) is 4.79 Å². The first-order chi connectivity index (χ1) is 16.0. The highest BCUT2D eigenvalue weighted by Gasteiger charge is 2.27. The predicted octanol–water partition coefficient (Wildman–Crippen LogP) is 4.42. The molecule has 4 rings (SSSR count). The number of rotatable bonds is 7. The van der Waals surface area contributed by atoms with Gasteiger partial charge in [0.15, 0.2) is 17.3 Å². The molecule has 2 aromatic carbocycles. The van der Waals surface area contributed by atoms with Gasteiger partial charge in [-0.2, -0.15) is 0 Å². The summed E-state index contributed by atoms with van der Waals surface area (Å²) in [6.45, 7) is 5.68. The van der Waals surface area contributed by atoms with Crippen molar-refractivity contribution in [3.05, 3.63) is 60.1 Å². The number of carbonyl (C=O) groups excluding carboxylic acids is 2. The van der Waals surface area contributed by atoms with Gasteiger partial charge in [-0.3, -0.25) is 9.59 Å². The standard InChI is InChI=1S/C25H28N4O4/c1-3-32-21-6-4-5-20(15-21)28-24(31)22-23(17-7-9-19(10-8-17)27-16(2)30)33-25(29-22)18-11-13-26-14-12-18/h4-10,15,18,26H,3,11-14H2,1-2H3,(H,27,30)(H,28,31). The molecule has 2 amide bonds. The number of nitrogens with zero attached hydrogens (tertiary/aromatic N) is 1. The molecule has 1 saturated heterocycles. The lowest BCUT2D eigenvalue weighted by molar-refractivity contribution is -0.114. The maximum Gasteiger partial charge on any atom is 0.278 e. The Balaban J connectivity index is 1.65. The fourth-order valence-corrected chi connectivity index (χ4v) is 3.86. The fourth-order valence-electron chi connectivity index (χ4n) is 3.86. The maximum atomic E-state index is 13.2. The van der Waals surface area contributed by atoms with Crippen molar-refractivity contribution < 1.29 is 18.7 Å². The van der Waals surface area contributed by atoms with E-state index in [1.54, 1.807) is 24.3 Å². The summed E-state index contributed by atoms with van der Waals surface area (Å²) < 4.78 is 11.7. The van der Waals surface area contributed by atoms with Gasteiger partial charge in [0.1, 0.15) is 5.75 Å². The normalized spacial score (nSPS) is 14.0. The third kappa shape index (κ3) is 5.59. The highest BCUT2D eigenvalue weighted by molar-refractivity contribution is 6.06. The van der Waals surface area contributed by atoms with Crippen molar-refractivity contribution in [1.82, 2.24) is 10.3 Å². The van der Waals surface area contributed by atoms with Crippen LogP contribution in [0.15, 0.2) is 52.9 Å². The second-order valence-corrected chi connectivity index (χ2v) is 7.93. The van der Waals surface area contributed by atoms with E-state index in [1.165, 1.54) is 6.92 Å². The molecule has 0 bridgehead atoms. The molecule has 3 N–H and O–H groups in total. The molecule has 0 atom stereocenters. The van der Waals surface area contributed by atoms with E-state index in [-0.39, 0.29) is 23.4 Å². The van der Waals surface area contributed by atoms with Gasteiger partial charge in [-0.15, -0.1) is 0 Å². The summed E-state index contributed by atoms with van der Waals surface area (Å²) in [6.07, 6.45) is 1.80. The van der Waals surface area contributed by atoms with Crippen LogP contribution in [0.1, 0.15) is 49.0 Å². The highest BCUT2D eigenvalue weighted by Crippen LogP contribution is 2.33. The van der Waals surface area contributed by atoms with E-state index >= 15 is 0 Å². The van der Waals surface area contributed by atoms with Gasteiger partial charge in [-0.05, 0) is 69.3 Å². The molecule has 8 heteroatoms. The number of oxazole rings is 1. The third-order valence-electron chi connectivity index (χ3n) is 5.42. The number of ether oxygens (including phenoxy) is 1. The molecule has 1 fully saturated rings. The van der Waals surface area contributed by atoms with Gasteiger partial charge >= 0.3 is 0 Å². The van der Waals surface area contributed by atoms with E-state index < -0.39 is 0 Å². The van der Waals surface area contributed by atoms with Crippen LogP contribution in [0.3, 0.4) is 0 Å². The number of anilines is 2. The van der Waals surface area contributed by atoms with Gasteiger partial charge < -0.3 is 25.1 Å². The van der Waals surface area contributed by atoms with Crippen LogP contribution in [0.5, 0.6) is 5.75 Å². The van der Waals surface area contributed by atoms with Crippen molar-refractivity contribution in [1.29, 1.82) is 0 Å². The summed E-state index contributed by atoms with van der Waals surface area (Å²) in [5, 5.41) is 8.99. The monoisotopic (exact) mass is 448 g/mol. The van der Waals surface area contributed by atoms with E-state index in [1.807, 2.05) is 31.2 Å². The molecule has 2 heterocycles. The molecule has 0 spiro atoms. The van der Waals surface area contributed by atoms with Crippen LogP contribution in [0, 0.1) is 0 Å². The predicted molar refractivity (Wildman–Crippen MR) is 127 cm³/mol. The Morgan fingerprint density at radius 2 is 1.85 bits per heavy atom. The third-order valence-corrected chi connectivity index (χ3v) is 5.42. The van der Waals surface area contributed by atoms with Gasteiger partial charge in [0, 0.05) is 35.8 Å². The molecule has 1 aliphatic rings. The SMILES string of the molecule is CCOc1cccc(NC(=O)c2nc(C3CCNCC3)oc2-c2ccc(NC(C)=O)cc2)c1. The van der Waals surface area contributed by atoms with E-state index in [0.29, 0.717) is 40.9 Å². The number of hydrogen-bond acceptors (Lipinski definition) is 6. The van der Waals surface area contributed by atoms with Crippen LogP contribution in [0.2, 0.25) is 0 Å². The van der Waals surface area contributed by atoms with Crippen LogP contribution in [0.25, 0.3) is 11.3 Å². The molecule has 0 aliphatic carbocycles. The minimum absolute atomic E-state index is 0.148. The lowest BCUT2D eigenvalue weighted by Gasteiger charge is -2.19. The minimum Gasteiger partial charge on any atom is -0.494 e. The second kappa shape index (κ2) is 10.3. The molecule has 1 aliphatic heterocycles. The largest absolute Gasteiger partial charge is 0.494 e. The number of piperidine rings is 1. The lowest BCUT2D eigenvalue weighted by Crippen LogP contribution is -2.26. The van der Waals surface area contributed by atoms with Crippen molar-refractivity contribution in [3.8, 4) is 17.1 Å². The topological polar surface area (TPSA) is 105 Å². The fraction of sp³-hybridized carbons (Fsp3) is 0.320. The zero-order valence-corrected chi connectivity index (χ0v) is 18.8. The molecule has 0 radical (unpaired) electrons. The first-order valence-electron chi connectivity index (χ1n) is 11.2. The number of nitrogens with one attached hydrogen (secondary N) is 3. The highest BCUT2D eigenvalue weighted by atomic mass is 16.5. The minimum atomic E-state index is -0.353. The van der Waals surface area contributed by atoms with Crippen molar-refractivity contribution >= 4 is 23.2 Å². The lowest BCUT2D eigenvalue weighted by atomic mass is 9.98. The Bertz CT molecular complexity index is 1120. The number of hydrogen-bond donors (Lipinski definition) is 3. The first kappa shape index (κ1) is 22.5. The van der Waals surface area contributed by atoms with Crippen LogP contribution < -0.4 is 20.7 Å². The number of carbonyl (C=O) groups is 2. The summed E-state index contributed by atoms with van der Waals surface area (Å²) >= 11 is 0. The molecular formula is C25H28N4O4. The summed E-state index contributed by atoms with van der Waals surface area (Å²) in [6, 6.07) is 14.4. The van der Waals surface area contributed by atoms with E-state index in [9.17, 15) is 9.59 Å². The Morgan fingerprint density at radius 3 is 2.55 bits per heavy atom. The quantitative estimate of drug-likeness (QED) is 0.494. The second-order valence-electron chi connectivity index (χ2n) is 7.93. The van der Waals surface area contributed by atoms with Crippen LogP contribution in [-0.4, -0.2) is 36.5 Å². The molecular weight excluding hydrogens is 420 g/mol. The zero-order chi connectivity index (χ0) is 23.2. The van der Waals surface area contributed by atoms with Crippen LogP contribution >= 0.6 is 0 Å². The van der Waals surface area contributed by atoms with Crippen molar-refractivity contribution in [2.45, 2.75) is 32.6 Å². The smallest absolute Gasteiger partial charge is 0.278 e. The van der Waals surface area contributed by atoms with Gasteiger partial charge in [-0.25, -0.2) is 4.98 Å². The van der Waals surface area contributed by atoms with E-state index in [2.05, 4.69) is 20.9 Å². The zero-order valence-electron chi connectivity index (χ0n) is 18.8. The molecule has 33 heavy (non-hydrogen) atoms. The summed E-state index contributed by atoms with van der Waals surface area (Å²) in [5.41, 5.74) is 2.23. The molecule has 172 valence electrons. The Morgan fingerprint density at radius 1 is 1.09 bits per heavy atom. The Hall–Kier alpha value is -3.65. The van der Waals surface area contributed by atoms with Gasteiger partial charge in [-0.1, -0.05) is 6.07 Å². The summed E-state index contributed by atoms with van der Waals surface area (Å²) in [4.78, 5) is 29.2. The van der Waals surface area contributed by atoms with E-state index in [0.717, 1.165) is 25.9 Å². The summed E-state index contributed by atoms with van der Waals surface area (Å²) in [5.74, 6) is 1.33. The molecule has 0 saturated carbocycles. The summed E-state index contributed by atoms with van der Waals surface area (Å²) in [7, 11) is 0. The van der Waals surface area contributed by atoms with Crippen molar-refractivity contribution in [3.63, 3.8) is 0 Å². The maximum absolute atomic E-state index is 13.2.